The minimum absolute atomic E-state index is 0.0958. The number of hydrogen-bond donors (Lipinski definition) is 0. The molecular weight excluding hydrogens is 300 g/mol. The number of amides is 2. The highest BCUT2D eigenvalue weighted by Crippen LogP contribution is 2.31. The molecule has 0 bridgehead atoms. The number of rotatable bonds is 4. The van der Waals surface area contributed by atoms with Crippen molar-refractivity contribution in [2.24, 2.45) is 5.92 Å². The second-order valence-corrected chi connectivity index (χ2v) is 7.11. The van der Waals surface area contributed by atoms with Gasteiger partial charge in [-0.2, -0.15) is 0 Å². The molecule has 1 aliphatic carbocycles. The average Bonchev–Trinajstić information content (AvgIpc) is 3.00. The summed E-state index contributed by atoms with van der Waals surface area (Å²) in [5.41, 5.74) is 2.06. The van der Waals surface area contributed by atoms with Crippen molar-refractivity contribution in [3.05, 3.63) is 29.8 Å². The van der Waals surface area contributed by atoms with Crippen LogP contribution in [-0.4, -0.2) is 35.8 Å². The van der Waals surface area contributed by atoms with E-state index in [4.69, 9.17) is 0 Å². The Morgan fingerprint density at radius 2 is 1.92 bits per heavy atom. The van der Waals surface area contributed by atoms with Crippen LogP contribution in [0.4, 0.5) is 5.69 Å². The molecule has 4 heteroatoms. The Balaban J connectivity index is 1.72. The zero-order chi connectivity index (χ0) is 17.1. The summed E-state index contributed by atoms with van der Waals surface area (Å²) in [6.45, 7) is 5.27. The number of para-hydroxylation sites is 1. The minimum atomic E-state index is -0.195. The smallest absolute Gasteiger partial charge is 0.232 e. The van der Waals surface area contributed by atoms with Crippen molar-refractivity contribution in [1.29, 1.82) is 0 Å². The van der Waals surface area contributed by atoms with Crippen LogP contribution in [0.1, 0.15) is 51.0 Å². The van der Waals surface area contributed by atoms with E-state index in [1.165, 1.54) is 19.3 Å². The molecule has 0 aromatic heterocycles. The number of likely N-dealkylation sites (tertiary alicyclic amines) is 1. The third kappa shape index (κ3) is 3.33. The Bertz CT molecular complexity index is 607. The lowest BCUT2D eigenvalue weighted by Gasteiger charge is -2.31. The lowest BCUT2D eigenvalue weighted by atomic mass is 9.94. The topological polar surface area (TPSA) is 40.6 Å². The molecule has 0 spiro atoms. The van der Waals surface area contributed by atoms with Crippen LogP contribution in [0.5, 0.6) is 0 Å². The monoisotopic (exact) mass is 328 g/mol. The number of carbonyl (C=O) groups is 2. The maximum absolute atomic E-state index is 13.1. The standard InChI is InChI=1S/C20H28N2O2/c1-3-21(18-12-8-7-9-15(18)2)20(24)16-13-19(23)22(14-16)17-10-5-4-6-11-17/h7-9,12,16-17H,3-6,10-11,13-14H2,1-2H3. The van der Waals surface area contributed by atoms with Gasteiger partial charge in [-0.3, -0.25) is 9.59 Å². The highest BCUT2D eigenvalue weighted by molar-refractivity contribution is 5.99. The summed E-state index contributed by atoms with van der Waals surface area (Å²) < 4.78 is 0. The first kappa shape index (κ1) is 17.0. The van der Waals surface area contributed by atoms with E-state index in [1.807, 2.05) is 47.9 Å². The fourth-order valence-electron chi connectivity index (χ4n) is 4.17. The fraction of sp³-hybridized carbons (Fsp3) is 0.600. The molecule has 1 unspecified atom stereocenters. The SMILES string of the molecule is CCN(C(=O)C1CC(=O)N(C2CCCCC2)C1)c1ccccc1C. The van der Waals surface area contributed by atoms with Crippen LogP contribution in [0, 0.1) is 12.8 Å². The van der Waals surface area contributed by atoms with Crippen molar-refractivity contribution in [3.63, 3.8) is 0 Å². The highest BCUT2D eigenvalue weighted by Gasteiger charge is 2.39. The van der Waals surface area contributed by atoms with E-state index in [-0.39, 0.29) is 17.7 Å². The molecule has 1 aliphatic heterocycles. The van der Waals surface area contributed by atoms with Crippen LogP contribution in [0.15, 0.2) is 24.3 Å². The largest absolute Gasteiger partial charge is 0.339 e. The molecule has 130 valence electrons. The van der Waals surface area contributed by atoms with Gasteiger partial charge >= 0.3 is 0 Å². The van der Waals surface area contributed by atoms with Gasteiger partial charge < -0.3 is 9.80 Å². The van der Waals surface area contributed by atoms with Crippen molar-refractivity contribution in [2.45, 2.75) is 58.4 Å². The summed E-state index contributed by atoms with van der Waals surface area (Å²) in [7, 11) is 0. The fourth-order valence-corrected chi connectivity index (χ4v) is 4.17. The van der Waals surface area contributed by atoms with E-state index < -0.39 is 0 Å². The molecule has 2 aliphatic rings. The quantitative estimate of drug-likeness (QED) is 0.848. The zero-order valence-electron chi connectivity index (χ0n) is 14.8. The van der Waals surface area contributed by atoms with Crippen LogP contribution in [0.2, 0.25) is 0 Å². The molecule has 1 heterocycles. The Morgan fingerprint density at radius 3 is 2.58 bits per heavy atom. The molecular formula is C20H28N2O2. The first-order valence-electron chi connectivity index (χ1n) is 9.28. The van der Waals surface area contributed by atoms with Gasteiger partial charge in [0.1, 0.15) is 0 Å². The van der Waals surface area contributed by atoms with Gasteiger partial charge in [0.2, 0.25) is 11.8 Å². The summed E-state index contributed by atoms with van der Waals surface area (Å²) in [4.78, 5) is 29.3. The average molecular weight is 328 g/mol. The number of carbonyl (C=O) groups excluding carboxylic acids is 2. The summed E-state index contributed by atoms with van der Waals surface area (Å²) >= 11 is 0. The van der Waals surface area contributed by atoms with Crippen LogP contribution >= 0.6 is 0 Å². The maximum atomic E-state index is 13.1. The Morgan fingerprint density at radius 1 is 1.21 bits per heavy atom. The zero-order valence-corrected chi connectivity index (χ0v) is 14.8. The highest BCUT2D eigenvalue weighted by atomic mass is 16.2. The van der Waals surface area contributed by atoms with Crippen molar-refractivity contribution in [3.8, 4) is 0 Å². The molecule has 0 radical (unpaired) electrons. The summed E-state index contributed by atoms with van der Waals surface area (Å²) in [5, 5.41) is 0. The second kappa shape index (κ2) is 7.37. The van der Waals surface area contributed by atoms with Crippen LogP contribution in [0.25, 0.3) is 0 Å². The third-order valence-electron chi connectivity index (χ3n) is 5.51. The molecule has 1 saturated carbocycles. The van der Waals surface area contributed by atoms with Gasteiger partial charge in [-0.25, -0.2) is 0 Å². The molecule has 4 nitrogen and oxygen atoms in total. The van der Waals surface area contributed by atoms with E-state index in [0.717, 1.165) is 24.1 Å². The number of nitrogens with zero attached hydrogens (tertiary/aromatic N) is 2. The molecule has 0 N–H and O–H groups in total. The predicted octanol–water partition coefficient (Wildman–Crippen LogP) is 3.53. The first-order valence-corrected chi connectivity index (χ1v) is 9.28. The lowest BCUT2D eigenvalue weighted by molar-refractivity contribution is -0.130. The van der Waals surface area contributed by atoms with Crippen molar-refractivity contribution >= 4 is 17.5 Å². The van der Waals surface area contributed by atoms with E-state index >= 15 is 0 Å². The molecule has 1 atom stereocenters. The molecule has 1 aromatic carbocycles. The van der Waals surface area contributed by atoms with Gasteiger partial charge in [0.15, 0.2) is 0 Å². The molecule has 2 amide bonds. The Kier molecular flexibility index (Phi) is 5.22. The maximum Gasteiger partial charge on any atom is 0.232 e. The van der Waals surface area contributed by atoms with Gasteiger partial charge in [0.25, 0.3) is 0 Å². The van der Waals surface area contributed by atoms with E-state index in [1.54, 1.807) is 0 Å². The number of hydrogen-bond acceptors (Lipinski definition) is 2. The van der Waals surface area contributed by atoms with E-state index in [9.17, 15) is 9.59 Å². The second-order valence-electron chi connectivity index (χ2n) is 7.11. The van der Waals surface area contributed by atoms with Crippen molar-refractivity contribution in [1.82, 2.24) is 4.90 Å². The van der Waals surface area contributed by atoms with Crippen LogP contribution < -0.4 is 4.90 Å². The Labute approximate surface area is 144 Å². The summed E-state index contributed by atoms with van der Waals surface area (Å²) in [5.74, 6) is 0.0681. The summed E-state index contributed by atoms with van der Waals surface area (Å²) in [6, 6.07) is 8.33. The lowest BCUT2D eigenvalue weighted by Crippen LogP contribution is -2.40. The van der Waals surface area contributed by atoms with Gasteiger partial charge in [-0.1, -0.05) is 37.5 Å². The van der Waals surface area contributed by atoms with Crippen molar-refractivity contribution < 1.29 is 9.59 Å². The molecule has 24 heavy (non-hydrogen) atoms. The molecule has 1 saturated heterocycles. The van der Waals surface area contributed by atoms with E-state index in [2.05, 4.69) is 0 Å². The third-order valence-corrected chi connectivity index (χ3v) is 5.51. The Hall–Kier alpha value is -1.84. The first-order chi connectivity index (χ1) is 11.6. The summed E-state index contributed by atoms with van der Waals surface area (Å²) in [6.07, 6.45) is 6.26. The van der Waals surface area contributed by atoms with Crippen molar-refractivity contribution in [2.75, 3.05) is 18.0 Å². The van der Waals surface area contributed by atoms with E-state index in [0.29, 0.717) is 25.6 Å². The normalized spacial score (nSPS) is 22.0. The number of benzene rings is 1. The molecule has 3 rings (SSSR count). The van der Waals surface area contributed by atoms with Gasteiger partial charge in [0.05, 0.1) is 5.92 Å². The number of aryl methyl sites for hydroxylation is 1. The number of anilines is 1. The minimum Gasteiger partial charge on any atom is -0.339 e. The van der Waals surface area contributed by atoms with Gasteiger partial charge in [0, 0.05) is 31.2 Å². The molecule has 1 aromatic rings. The van der Waals surface area contributed by atoms with Crippen LogP contribution in [0.3, 0.4) is 0 Å². The predicted molar refractivity (Wildman–Crippen MR) is 95.9 cm³/mol. The van der Waals surface area contributed by atoms with Gasteiger partial charge in [-0.05, 0) is 38.3 Å². The molecule has 2 fully saturated rings. The van der Waals surface area contributed by atoms with Crippen LogP contribution in [-0.2, 0) is 9.59 Å². The van der Waals surface area contributed by atoms with Gasteiger partial charge in [-0.15, -0.1) is 0 Å².